The van der Waals surface area contributed by atoms with Gasteiger partial charge in [-0.3, -0.25) is 4.98 Å². The van der Waals surface area contributed by atoms with Crippen molar-refractivity contribution in [1.82, 2.24) is 10.3 Å². The molecule has 15 heavy (non-hydrogen) atoms. The van der Waals surface area contributed by atoms with Gasteiger partial charge in [0.1, 0.15) is 0 Å². The van der Waals surface area contributed by atoms with Gasteiger partial charge in [0, 0.05) is 29.9 Å². The monoisotopic (exact) mass is 206 g/mol. The molecule has 0 aromatic carbocycles. The van der Waals surface area contributed by atoms with Crippen molar-refractivity contribution in [2.24, 2.45) is 5.41 Å². The third-order valence-electron chi connectivity index (χ3n) is 3.49. The zero-order valence-electron chi connectivity index (χ0n) is 9.33. The average Bonchev–Trinajstić information content (AvgIpc) is 2.24. The Balaban J connectivity index is 2.40. The summed E-state index contributed by atoms with van der Waals surface area (Å²) in [6, 6.07) is 3.84. The van der Waals surface area contributed by atoms with Crippen LogP contribution in [0.3, 0.4) is 0 Å². The molecule has 1 fully saturated rings. The second kappa shape index (κ2) is 3.58. The van der Waals surface area contributed by atoms with Gasteiger partial charge in [0.25, 0.3) is 0 Å². The molecule has 0 saturated carbocycles. The van der Waals surface area contributed by atoms with Crippen LogP contribution in [0.15, 0.2) is 24.5 Å². The fourth-order valence-electron chi connectivity index (χ4n) is 2.30. The van der Waals surface area contributed by atoms with Gasteiger partial charge in [0.15, 0.2) is 0 Å². The topological polar surface area (TPSA) is 45.1 Å². The highest BCUT2D eigenvalue weighted by Crippen LogP contribution is 2.43. The highest BCUT2D eigenvalue weighted by molar-refractivity contribution is 5.22. The van der Waals surface area contributed by atoms with Crippen molar-refractivity contribution in [3.63, 3.8) is 0 Å². The number of hydrogen-bond donors (Lipinski definition) is 2. The average molecular weight is 206 g/mol. The molecule has 1 aromatic rings. The maximum Gasteiger partial charge on any atom is 0.0986 e. The van der Waals surface area contributed by atoms with Gasteiger partial charge in [-0.2, -0.15) is 0 Å². The Labute approximate surface area is 90.5 Å². The van der Waals surface area contributed by atoms with Gasteiger partial charge < -0.3 is 10.4 Å². The molecule has 3 nitrogen and oxygen atoms in total. The fraction of sp³-hybridized carbons (Fsp3) is 0.583. The third kappa shape index (κ3) is 1.66. The lowest BCUT2D eigenvalue weighted by Crippen LogP contribution is -2.53. The molecule has 0 bridgehead atoms. The summed E-state index contributed by atoms with van der Waals surface area (Å²) in [5.41, 5.74) is 0.0114. The van der Waals surface area contributed by atoms with Crippen LogP contribution in [0.5, 0.6) is 0 Å². The summed E-state index contributed by atoms with van der Waals surface area (Å²) in [6.07, 6.45) is 4.25. The first-order valence-corrected chi connectivity index (χ1v) is 5.40. The van der Waals surface area contributed by atoms with E-state index in [9.17, 15) is 5.11 Å². The van der Waals surface area contributed by atoms with E-state index in [0.29, 0.717) is 0 Å². The molecule has 1 aromatic heterocycles. The van der Waals surface area contributed by atoms with Crippen LogP contribution in [0.1, 0.15) is 25.8 Å². The van der Waals surface area contributed by atoms with Crippen molar-refractivity contribution in [2.75, 3.05) is 13.1 Å². The molecule has 1 unspecified atom stereocenters. The quantitative estimate of drug-likeness (QED) is 0.727. The summed E-state index contributed by atoms with van der Waals surface area (Å²) >= 11 is 0. The molecule has 1 atom stereocenters. The minimum atomic E-state index is -0.757. The molecule has 3 heteroatoms. The Bertz CT molecular complexity index is 337. The van der Waals surface area contributed by atoms with Crippen molar-refractivity contribution in [2.45, 2.75) is 25.9 Å². The summed E-state index contributed by atoms with van der Waals surface area (Å²) < 4.78 is 0. The zero-order chi connectivity index (χ0) is 10.9. The van der Waals surface area contributed by atoms with Gasteiger partial charge in [-0.25, -0.2) is 0 Å². The van der Waals surface area contributed by atoms with Crippen LogP contribution < -0.4 is 5.32 Å². The molecule has 2 N–H and O–H groups in total. The van der Waals surface area contributed by atoms with Crippen molar-refractivity contribution in [3.05, 3.63) is 30.1 Å². The molecule has 82 valence electrons. The van der Waals surface area contributed by atoms with E-state index in [1.807, 2.05) is 12.1 Å². The third-order valence-corrected chi connectivity index (χ3v) is 3.49. The fourth-order valence-corrected chi connectivity index (χ4v) is 2.30. The van der Waals surface area contributed by atoms with Crippen LogP contribution in [-0.4, -0.2) is 23.2 Å². The van der Waals surface area contributed by atoms with Crippen molar-refractivity contribution in [3.8, 4) is 0 Å². The Morgan fingerprint density at radius 2 is 2.27 bits per heavy atom. The van der Waals surface area contributed by atoms with Crippen molar-refractivity contribution < 1.29 is 5.11 Å². The minimum Gasteiger partial charge on any atom is -0.384 e. The number of aliphatic hydroxyl groups is 1. The number of nitrogens with one attached hydrogen (secondary N) is 1. The number of pyridine rings is 1. The first kappa shape index (κ1) is 10.6. The Morgan fingerprint density at radius 1 is 1.47 bits per heavy atom. The minimum absolute atomic E-state index is 0.158. The maximum absolute atomic E-state index is 10.8. The van der Waals surface area contributed by atoms with E-state index >= 15 is 0 Å². The highest BCUT2D eigenvalue weighted by Gasteiger charge is 2.46. The molecule has 2 rings (SSSR count). The lowest BCUT2D eigenvalue weighted by molar-refractivity contribution is -0.0947. The SMILES string of the molecule is CC1(C)CNCCC1(O)c1cccnc1. The summed E-state index contributed by atoms with van der Waals surface area (Å²) in [6.45, 7) is 5.87. The van der Waals surface area contributed by atoms with Gasteiger partial charge in [0.2, 0.25) is 0 Å². The largest absolute Gasteiger partial charge is 0.384 e. The highest BCUT2D eigenvalue weighted by atomic mass is 16.3. The molecule has 0 radical (unpaired) electrons. The molecule has 0 spiro atoms. The first-order chi connectivity index (χ1) is 7.06. The van der Waals surface area contributed by atoms with Crippen LogP contribution in [0.25, 0.3) is 0 Å². The van der Waals surface area contributed by atoms with E-state index in [0.717, 1.165) is 25.1 Å². The van der Waals surface area contributed by atoms with Crippen LogP contribution in [0.4, 0.5) is 0 Å². The van der Waals surface area contributed by atoms with E-state index in [4.69, 9.17) is 0 Å². The van der Waals surface area contributed by atoms with E-state index in [-0.39, 0.29) is 5.41 Å². The number of hydrogen-bond acceptors (Lipinski definition) is 3. The van der Waals surface area contributed by atoms with E-state index in [1.54, 1.807) is 12.4 Å². The van der Waals surface area contributed by atoms with Gasteiger partial charge in [0.05, 0.1) is 5.60 Å². The molecule has 1 aliphatic rings. The van der Waals surface area contributed by atoms with E-state index < -0.39 is 5.60 Å². The number of nitrogens with zero attached hydrogens (tertiary/aromatic N) is 1. The first-order valence-electron chi connectivity index (χ1n) is 5.40. The Hall–Kier alpha value is -0.930. The predicted octanol–water partition coefficient (Wildman–Crippen LogP) is 1.29. The molecular weight excluding hydrogens is 188 g/mol. The van der Waals surface area contributed by atoms with Crippen LogP contribution in [-0.2, 0) is 5.60 Å². The van der Waals surface area contributed by atoms with Crippen molar-refractivity contribution in [1.29, 1.82) is 0 Å². The molecule has 1 aliphatic heterocycles. The molecule has 2 heterocycles. The van der Waals surface area contributed by atoms with Crippen LogP contribution >= 0.6 is 0 Å². The van der Waals surface area contributed by atoms with Gasteiger partial charge in [-0.15, -0.1) is 0 Å². The van der Waals surface area contributed by atoms with Crippen molar-refractivity contribution >= 4 is 0 Å². The summed E-state index contributed by atoms with van der Waals surface area (Å²) in [7, 11) is 0. The van der Waals surface area contributed by atoms with Gasteiger partial charge >= 0.3 is 0 Å². The zero-order valence-corrected chi connectivity index (χ0v) is 9.33. The van der Waals surface area contributed by atoms with Crippen LogP contribution in [0, 0.1) is 5.41 Å². The number of aromatic nitrogens is 1. The Morgan fingerprint density at radius 3 is 2.87 bits per heavy atom. The molecular formula is C12H18N2O. The van der Waals surface area contributed by atoms with Gasteiger partial charge in [-0.1, -0.05) is 19.9 Å². The Kier molecular flexibility index (Phi) is 2.52. The normalized spacial score (nSPS) is 30.1. The smallest absolute Gasteiger partial charge is 0.0986 e. The van der Waals surface area contributed by atoms with E-state index in [2.05, 4.69) is 24.1 Å². The predicted molar refractivity (Wildman–Crippen MR) is 59.4 cm³/mol. The second-order valence-electron chi connectivity index (χ2n) is 4.91. The molecule has 0 aliphatic carbocycles. The maximum atomic E-state index is 10.8. The number of piperidine rings is 1. The van der Waals surface area contributed by atoms with E-state index in [1.165, 1.54) is 0 Å². The summed E-state index contributed by atoms with van der Waals surface area (Å²) in [5.74, 6) is 0. The van der Waals surface area contributed by atoms with Crippen LogP contribution in [0.2, 0.25) is 0 Å². The number of rotatable bonds is 1. The summed E-state index contributed by atoms with van der Waals surface area (Å²) in [5, 5.41) is 14.1. The lowest BCUT2D eigenvalue weighted by Gasteiger charge is -2.46. The molecule has 0 amide bonds. The molecule has 1 saturated heterocycles. The second-order valence-corrected chi connectivity index (χ2v) is 4.91. The standard InChI is InChI=1S/C12H18N2O/c1-11(2)9-14-7-5-12(11,15)10-4-3-6-13-8-10/h3-4,6,8,14-15H,5,7,9H2,1-2H3. The van der Waals surface area contributed by atoms with Gasteiger partial charge in [-0.05, 0) is 19.0 Å². The lowest BCUT2D eigenvalue weighted by atomic mass is 9.67. The summed E-state index contributed by atoms with van der Waals surface area (Å²) in [4.78, 5) is 4.09.